The van der Waals surface area contributed by atoms with E-state index < -0.39 is 0 Å². The molecule has 0 unspecified atom stereocenters. The van der Waals surface area contributed by atoms with Crippen LogP contribution in [0.5, 0.6) is 0 Å². The van der Waals surface area contributed by atoms with Crippen LogP contribution in [0.2, 0.25) is 5.02 Å². The minimum Gasteiger partial charge on any atom is -0.367 e. The van der Waals surface area contributed by atoms with E-state index in [1.54, 1.807) is 0 Å². The summed E-state index contributed by atoms with van der Waals surface area (Å²) >= 11 is 9.54. The normalized spacial score (nSPS) is 10.6. The Morgan fingerprint density at radius 1 is 1.04 bits per heavy atom. The Morgan fingerprint density at radius 3 is 2.52 bits per heavy atom. The first-order valence-electron chi connectivity index (χ1n) is 7.18. The Labute approximate surface area is 148 Å². The molecule has 0 radical (unpaired) electrons. The second-order valence-corrected chi connectivity index (χ2v) is 6.23. The second-order valence-electron chi connectivity index (χ2n) is 4.88. The molecule has 0 spiro atoms. The Balaban J connectivity index is 2.11. The van der Waals surface area contributed by atoms with Gasteiger partial charge >= 0.3 is 0 Å². The number of nitrogens with zero attached hydrogens (tertiary/aromatic N) is 3. The first-order chi connectivity index (χ1) is 11.2. The molecule has 116 valence electrons. The Hall–Kier alpha value is -1.98. The van der Waals surface area contributed by atoms with Crippen LogP contribution in [-0.2, 0) is 0 Å². The van der Waals surface area contributed by atoms with Crippen molar-refractivity contribution in [3.05, 3.63) is 58.0 Å². The van der Waals surface area contributed by atoms with Crippen molar-refractivity contribution in [1.82, 2.24) is 15.2 Å². The van der Waals surface area contributed by atoms with Crippen LogP contribution in [0.1, 0.15) is 6.92 Å². The third-order valence-corrected chi connectivity index (χ3v) is 4.00. The zero-order chi connectivity index (χ0) is 16.2. The molecule has 0 fully saturated rings. The maximum Gasteiger partial charge on any atom is 0.182 e. The molecule has 23 heavy (non-hydrogen) atoms. The summed E-state index contributed by atoms with van der Waals surface area (Å²) in [4.78, 5) is 4.69. The number of rotatable bonds is 4. The van der Waals surface area contributed by atoms with Gasteiger partial charge in [-0.05, 0) is 31.2 Å². The van der Waals surface area contributed by atoms with Gasteiger partial charge in [-0.25, -0.2) is 4.98 Å². The number of aromatic nitrogens is 3. The van der Waals surface area contributed by atoms with Crippen LogP contribution in [0.15, 0.2) is 53.0 Å². The van der Waals surface area contributed by atoms with E-state index in [-0.39, 0.29) is 0 Å². The standard InChI is InChI=1S/C17H14BrClN4/c1-2-20-17-15(12-4-3-5-14(19)10-12)21-16(22-23-17)11-6-8-13(18)9-7-11/h3-10H,2H2,1H3,(H,20,23). The van der Waals surface area contributed by atoms with E-state index in [1.807, 2.05) is 55.5 Å². The highest BCUT2D eigenvalue weighted by molar-refractivity contribution is 9.10. The fourth-order valence-corrected chi connectivity index (χ4v) is 2.63. The van der Waals surface area contributed by atoms with Gasteiger partial charge in [-0.1, -0.05) is 51.8 Å². The molecule has 0 amide bonds. The molecule has 1 N–H and O–H groups in total. The maximum atomic E-state index is 6.11. The quantitative estimate of drug-likeness (QED) is 0.678. The third-order valence-electron chi connectivity index (χ3n) is 3.23. The van der Waals surface area contributed by atoms with Gasteiger partial charge < -0.3 is 5.32 Å². The Bertz CT molecular complexity index is 821. The Kier molecular flexibility index (Phi) is 4.88. The molecule has 0 saturated heterocycles. The lowest BCUT2D eigenvalue weighted by Gasteiger charge is -2.10. The molecule has 0 atom stereocenters. The summed E-state index contributed by atoms with van der Waals surface area (Å²) in [7, 11) is 0. The number of benzene rings is 2. The van der Waals surface area contributed by atoms with Gasteiger partial charge in [0.25, 0.3) is 0 Å². The van der Waals surface area contributed by atoms with Crippen molar-refractivity contribution < 1.29 is 0 Å². The van der Waals surface area contributed by atoms with Gasteiger partial charge in [0, 0.05) is 27.2 Å². The molecule has 2 aromatic carbocycles. The zero-order valence-corrected chi connectivity index (χ0v) is 14.8. The van der Waals surface area contributed by atoms with Crippen molar-refractivity contribution in [3.8, 4) is 22.6 Å². The van der Waals surface area contributed by atoms with Crippen molar-refractivity contribution in [2.75, 3.05) is 11.9 Å². The first-order valence-corrected chi connectivity index (χ1v) is 8.35. The van der Waals surface area contributed by atoms with Gasteiger partial charge in [-0.3, -0.25) is 0 Å². The lowest BCUT2D eigenvalue weighted by molar-refractivity contribution is 0.973. The average molecular weight is 390 g/mol. The van der Waals surface area contributed by atoms with Crippen LogP contribution in [-0.4, -0.2) is 21.7 Å². The number of hydrogen-bond donors (Lipinski definition) is 1. The minimum absolute atomic E-state index is 0.578. The molecule has 1 aromatic heterocycles. The predicted octanol–water partition coefficient (Wildman–Crippen LogP) is 5.05. The van der Waals surface area contributed by atoms with Crippen molar-refractivity contribution in [2.24, 2.45) is 0 Å². The van der Waals surface area contributed by atoms with Gasteiger partial charge in [0.05, 0.1) is 0 Å². The summed E-state index contributed by atoms with van der Waals surface area (Å²) in [6.45, 7) is 2.74. The summed E-state index contributed by atoms with van der Waals surface area (Å²) in [6.07, 6.45) is 0. The molecule has 0 saturated carbocycles. The van der Waals surface area contributed by atoms with Crippen molar-refractivity contribution in [2.45, 2.75) is 6.92 Å². The summed E-state index contributed by atoms with van der Waals surface area (Å²) < 4.78 is 1.01. The van der Waals surface area contributed by atoms with E-state index in [9.17, 15) is 0 Å². The molecule has 0 aliphatic carbocycles. The fourth-order valence-electron chi connectivity index (χ4n) is 2.17. The fraction of sp³-hybridized carbons (Fsp3) is 0.118. The number of hydrogen-bond acceptors (Lipinski definition) is 4. The lowest BCUT2D eigenvalue weighted by Crippen LogP contribution is -2.06. The van der Waals surface area contributed by atoms with E-state index >= 15 is 0 Å². The lowest BCUT2D eigenvalue weighted by atomic mass is 10.1. The third kappa shape index (κ3) is 3.68. The van der Waals surface area contributed by atoms with E-state index in [0.29, 0.717) is 16.7 Å². The van der Waals surface area contributed by atoms with Gasteiger partial charge in [-0.2, -0.15) is 0 Å². The predicted molar refractivity (Wildman–Crippen MR) is 97.6 cm³/mol. The van der Waals surface area contributed by atoms with Gasteiger partial charge in [0.15, 0.2) is 11.6 Å². The molecule has 1 heterocycles. The zero-order valence-electron chi connectivity index (χ0n) is 12.4. The largest absolute Gasteiger partial charge is 0.367 e. The average Bonchev–Trinajstić information content (AvgIpc) is 2.56. The van der Waals surface area contributed by atoms with Crippen molar-refractivity contribution in [1.29, 1.82) is 0 Å². The minimum atomic E-state index is 0.578. The van der Waals surface area contributed by atoms with Crippen molar-refractivity contribution >= 4 is 33.3 Å². The first kappa shape index (κ1) is 15.9. The highest BCUT2D eigenvalue weighted by Gasteiger charge is 2.12. The molecule has 0 bridgehead atoms. The van der Waals surface area contributed by atoms with Crippen LogP contribution < -0.4 is 5.32 Å². The summed E-state index contributed by atoms with van der Waals surface area (Å²) in [5, 5.41) is 12.4. The molecule has 3 aromatic rings. The molecule has 0 aliphatic rings. The monoisotopic (exact) mass is 388 g/mol. The molecular weight excluding hydrogens is 376 g/mol. The highest BCUT2D eigenvalue weighted by Crippen LogP contribution is 2.28. The van der Waals surface area contributed by atoms with Crippen LogP contribution in [0, 0.1) is 0 Å². The maximum absolute atomic E-state index is 6.11. The number of anilines is 1. The van der Waals surface area contributed by atoms with E-state index in [0.717, 1.165) is 27.8 Å². The SMILES string of the molecule is CCNc1nnc(-c2ccc(Br)cc2)nc1-c1cccc(Cl)c1. The summed E-state index contributed by atoms with van der Waals surface area (Å²) in [5.74, 6) is 1.23. The molecule has 0 aliphatic heterocycles. The smallest absolute Gasteiger partial charge is 0.182 e. The van der Waals surface area contributed by atoms with E-state index in [1.165, 1.54) is 0 Å². The molecule has 4 nitrogen and oxygen atoms in total. The van der Waals surface area contributed by atoms with E-state index in [2.05, 4.69) is 31.4 Å². The second kappa shape index (κ2) is 7.06. The highest BCUT2D eigenvalue weighted by atomic mass is 79.9. The van der Waals surface area contributed by atoms with Crippen LogP contribution >= 0.6 is 27.5 Å². The number of nitrogens with one attached hydrogen (secondary N) is 1. The van der Waals surface area contributed by atoms with Crippen LogP contribution in [0.4, 0.5) is 5.82 Å². The molecule has 6 heteroatoms. The summed E-state index contributed by atoms with van der Waals surface area (Å²) in [6, 6.07) is 15.4. The topological polar surface area (TPSA) is 50.7 Å². The molecular formula is C17H14BrClN4. The number of halogens is 2. The summed E-state index contributed by atoms with van der Waals surface area (Å²) in [5.41, 5.74) is 2.55. The van der Waals surface area contributed by atoms with Gasteiger partial charge in [0.1, 0.15) is 5.69 Å². The van der Waals surface area contributed by atoms with Gasteiger partial charge in [-0.15, -0.1) is 10.2 Å². The van der Waals surface area contributed by atoms with Crippen LogP contribution in [0.25, 0.3) is 22.6 Å². The van der Waals surface area contributed by atoms with Gasteiger partial charge in [0.2, 0.25) is 0 Å². The Morgan fingerprint density at radius 2 is 1.83 bits per heavy atom. The van der Waals surface area contributed by atoms with E-state index in [4.69, 9.17) is 16.6 Å². The van der Waals surface area contributed by atoms with Crippen LogP contribution in [0.3, 0.4) is 0 Å². The molecule has 3 rings (SSSR count). The van der Waals surface area contributed by atoms with Crippen molar-refractivity contribution in [3.63, 3.8) is 0 Å².